The minimum absolute atomic E-state index is 0.260. The lowest BCUT2D eigenvalue weighted by atomic mass is 10.2. The molecule has 26 heavy (non-hydrogen) atoms. The Morgan fingerprint density at radius 1 is 1.35 bits per heavy atom. The van der Waals surface area contributed by atoms with E-state index in [0.717, 1.165) is 18.4 Å². The second-order valence-corrected chi connectivity index (χ2v) is 7.39. The molecule has 0 unspecified atom stereocenters. The van der Waals surface area contributed by atoms with Gasteiger partial charge in [-0.3, -0.25) is 4.99 Å². The summed E-state index contributed by atoms with van der Waals surface area (Å²) in [6, 6.07) is 6.70. The van der Waals surface area contributed by atoms with Gasteiger partial charge in [-0.25, -0.2) is 9.18 Å². The highest BCUT2D eigenvalue weighted by molar-refractivity contribution is 5.79. The van der Waals surface area contributed by atoms with Crippen molar-refractivity contribution in [1.29, 1.82) is 0 Å². The molecule has 0 heterocycles. The molecule has 2 N–H and O–H groups in total. The van der Waals surface area contributed by atoms with Gasteiger partial charge in [-0.2, -0.15) is 0 Å². The van der Waals surface area contributed by atoms with Crippen molar-refractivity contribution in [1.82, 2.24) is 15.5 Å². The number of aliphatic imine (C=N–C) groups is 1. The third-order valence-corrected chi connectivity index (χ3v) is 3.83. The summed E-state index contributed by atoms with van der Waals surface area (Å²) in [5.41, 5.74) is 0.335. The Bertz CT molecular complexity index is 639. The van der Waals surface area contributed by atoms with E-state index in [2.05, 4.69) is 15.6 Å². The number of hydrogen-bond acceptors (Lipinski definition) is 3. The van der Waals surface area contributed by atoms with Gasteiger partial charge in [0.05, 0.1) is 0 Å². The van der Waals surface area contributed by atoms with Crippen LogP contribution in [-0.2, 0) is 11.3 Å². The number of halogens is 1. The lowest BCUT2D eigenvalue weighted by Crippen LogP contribution is -2.45. The second-order valence-electron chi connectivity index (χ2n) is 7.39. The molecule has 0 spiro atoms. The zero-order valence-corrected chi connectivity index (χ0v) is 16.0. The first-order chi connectivity index (χ1) is 12.3. The fourth-order valence-electron chi connectivity index (χ4n) is 2.48. The van der Waals surface area contributed by atoms with Gasteiger partial charge in [0, 0.05) is 32.7 Å². The van der Waals surface area contributed by atoms with Crippen molar-refractivity contribution in [2.45, 2.75) is 51.8 Å². The van der Waals surface area contributed by atoms with E-state index in [4.69, 9.17) is 4.74 Å². The molecular weight excluding hydrogens is 335 g/mol. The molecule has 1 aliphatic rings. The number of nitrogens with zero attached hydrogens (tertiary/aromatic N) is 2. The van der Waals surface area contributed by atoms with E-state index in [1.165, 1.54) is 12.1 Å². The maximum absolute atomic E-state index is 13.2. The van der Waals surface area contributed by atoms with E-state index < -0.39 is 5.60 Å². The van der Waals surface area contributed by atoms with Crippen LogP contribution in [0.5, 0.6) is 0 Å². The molecule has 7 heteroatoms. The summed E-state index contributed by atoms with van der Waals surface area (Å²) in [5.74, 6) is 0.346. The van der Waals surface area contributed by atoms with Crippen molar-refractivity contribution in [2.24, 2.45) is 4.99 Å². The van der Waals surface area contributed by atoms with Crippen molar-refractivity contribution in [3.8, 4) is 0 Å². The quantitative estimate of drug-likeness (QED) is 0.602. The molecule has 1 aromatic carbocycles. The van der Waals surface area contributed by atoms with Crippen molar-refractivity contribution in [3.05, 3.63) is 35.6 Å². The molecule has 0 aromatic heterocycles. The van der Waals surface area contributed by atoms with Gasteiger partial charge in [0.15, 0.2) is 5.96 Å². The van der Waals surface area contributed by atoms with Crippen LogP contribution in [0.4, 0.5) is 9.18 Å². The Kier molecular flexibility index (Phi) is 6.83. The lowest BCUT2D eigenvalue weighted by molar-refractivity contribution is 0.0238. The van der Waals surface area contributed by atoms with Gasteiger partial charge in [0.25, 0.3) is 0 Å². The maximum Gasteiger partial charge on any atom is 0.410 e. The number of ether oxygens (including phenoxy) is 1. The number of benzene rings is 1. The first kappa shape index (κ1) is 20.0. The minimum Gasteiger partial charge on any atom is -0.444 e. The van der Waals surface area contributed by atoms with Crippen LogP contribution in [0.2, 0.25) is 0 Å². The van der Waals surface area contributed by atoms with Crippen LogP contribution >= 0.6 is 0 Å². The van der Waals surface area contributed by atoms with Crippen molar-refractivity contribution >= 4 is 12.1 Å². The molecule has 0 radical (unpaired) electrons. The van der Waals surface area contributed by atoms with Gasteiger partial charge in [-0.05, 0) is 51.3 Å². The summed E-state index contributed by atoms with van der Waals surface area (Å²) in [4.78, 5) is 18.3. The summed E-state index contributed by atoms with van der Waals surface area (Å²) in [7, 11) is 1.67. The first-order valence-electron chi connectivity index (χ1n) is 8.97. The molecule has 0 aliphatic heterocycles. The largest absolute Gasteiger partial charge is 0.444 e. The third-order valence-electron chi connectivity index (χ3n) is 3.83. The summed E-state index contributed by atoms with van der Waals surface area (Å²) in [5, 5.41) is 6.32. The van der Waals surface area contributed by atoms with E-state index in [0.29, 0.717) is 25.6 Å². The highest BCUT2D eigenvalue weighted by Gasteiger charge is 2.34. The summed E-state index contributed by atoms with van der Waals surface area (Å²) >= 11 is 0. The van der Waals surface area contributed by atoms with E-state index in [9.17, 15) is 9.18 Å². The summed E-state index contributed by atoms with van der Waals surface area (Å²) < 4.78 is 18.7. The lowest BCUT2D eigenvalue weighted by Gasteiger charge is -2.27. The molecular formula is C19H29FN4O2. The predicted molar refractivity (Wildman–Crippen MR) is 101 cm³/mol. The summed E-state index contributed by atoms with van der Waals surface area (Å²) in [6.45, 7) is 7.17. The number of amides is 1. The van der Waals surface area contributed by atoms with Gasteiger partial charge in [0.1, 0.15) is 11.4 Å². The van der Waals surface area contributed by atoms with Gasteiger partial charge in [0.2, 0.25) is 0 Å². The molecule has 2 rings (SSSR count). The standard InChI is InChI=1S/C19H29FN4O2/c1-19(2,3)26-18(25)24(16-8-9-16)11-10-22-17(21-4)23-13-14-6-5-7-15(20)12-14/h5-7,12,16H,8-11,13H2,1-4H3,(H2,21,22,23). The molecule has 1 amide bonds. The minimum atomic E-state index is -0.500. The number of guanidine groups is 1. The number of hydrogen-bond donors (Lipinski definition) is 2. The van der Waals surface area contributed by atoms with Crippen LogP contribution in [0.15, 0.2) is 29.3 Å². The van der Waals surface area contributed by atoms with Crippen molar-refractivity contribution < 1.29 is 13.9 Å². The van der Waals surface area contributed by atoms with E-state index in [-0.39, 0.29) is 18.0 Å². The Hall–Kier alpha value is -2.31. The van der Waals surface area contributed by atoms with Crippen LogP contribution in [-0.4, -0.2) is 48.7 Å². The molecule has 1 saturated carbocycles. The van der Waals surface area contributed by atoms with E-state index in [1.807, 2.05) is 26.8 Å². The van der Waals surface area contributed by atoms with Gasteiger partial charge in [-0.1, -0.05) is 12.1 Å². The third kappa shape index (κ3) is 6.90. The number of carbonyl (C=O) groups excluding carboxylic acids is 1. The monoisotopic (exact) mass is 364 g/mol. The molecule has 0 atom stereocenters. The van der Waals surface area contributed by atoms with Crippen molar-refractivity contribution in [2.75, 3.05) is 20.1 Å². The molecule has 1 fully saturated rings. The fraction of sp³-hybridized carbons (Fsp3) is 0.579. The van der Waals surface area contributed by atoms with Crippen LogP contribution in [0.25, 0.3) is 0 Å². The van der Waals surface area contributed by atoms with Crippen LogP contribution in [0.3, 0.4) is 0 Å². The molecule has 1 aromatic rings. The number of nitrogens with one attached hydrogen (secondary N) is 2. The number of carbonyl (C=O) groups is 1. The van der Waals surface area contributed by atoms with Gasteiger partial charge >= 0.3 is 6.09 Å². The highest BCUT2D eigenvalue weighted by Crippen LogP contribution is 2.27. The zero-order chi connectivity index (χ0) is 19.2. The molecule has 144 valence electrons. The van der Waals surface area contributed by atoms with E-state index in [1.54, 1.807) is 18.0 Å². The molecule has 0 bridgehead atoms. The van der Waals surface area contributed by atoms with E-state index >= 15 is 0 Å². The van der Waals surface area contributed by atoms with Crippen LogP contribution in [0, 0.1) is 5.82 Å². The SMILES string of the molecule is CN=C(NCCN(C(=O)OC(C)(C)C)C1CC1)NCc1cccc(F)c1. The van der Waals surface area contributed by atoms with Crippen molar-refractivity contribution in [3.63, 3.8) is 0 Å². The predicted octanol–water partition coefficient (Wildman–Crippen LogP) is 2.89. The fourth-order valence-corrected chi connectivity index (χ4v) is 2.48. The Morgan fingerprint density at radius 3 is 2.65 bits per heavy atom. The van der Waals surface area contributed by atoms with Crippen LogP contribution in [0.1, 0.15) is 39.2 Å². The normalized spacial score (nSPS) is 14.7. The molecule has 0 saturated heterocycles. The number of rotatable bonds is 6. The van der Waals surface area contributed by atoms with Gasteiger partial charge in [-0.15, -0.1) is 0 Å². The molecule has 6 nitrogen and oxygen atoms in total. The Balaban J connectivity index is 1.79. The van der Waals surface area contributed by atoms with Crippen LogP contribution < -0.4 is 10.6 Å². The second kappa shape index (κ2) is 8.87. The maximum atomic E-state index is 13.2. The first-order valence-corrected chi connectivity index (χ1v) is 8.97. The smallest absolute Gasteiger partial charge is 0.410 e. The molecule has 1 aliphatic carbocycles. The van der Waals surface area contributed by atoms with Gasteiger partial charge < -0.3 is 20.3 Å². The Morgan fingerprint density at radius 2 is 2.08 bits per heavy atom. The highest BCUT2D eigenvalue weighted by atomic mass is 19.1. The average molecular weight is 364 g/mol. The topological polar surface area (TPSA) is 66.0 Å². The average Bonchev–Trinajstić information content (AvgIpc) is 3.37. The summed E-state index contributed by atoms with van der Waals surface area (Å²) in [6.07, 6.45) is 1.77. The zero-order valence-electron chi connectivity index (χ0n) is 16.0. The Labute approximate surface area is 154 Å².